The number of likely N-dealkylation sites (tertiary alicyclic amines) is 3. The van der Waals surface area contributed by atoms with Crippen molar-refractivity contribution in [1.29, 1.82) is 0 Å². The maximum atomic E-state index is 12.3. The Morgan fingerprint density at radius 3 is 1.53 bits per heavy atom. The fraction of sp³-hybridized carbons (Fsp3) is 0.604. The number of nitrogens with one attached hydrogen (secondary N) is 1. The Bertz CT molecular complexity index is 1880. The van der Waals surface area contributed by atoms with E-state index in [0.717, 1.165) is 76.2 Å². The summed E-state index contributed by atoms with van der Waals surface area (Å²) in [5.74, 6) is -1.34. The van der Waals surface area contributed by atoms with E-state index in [0.29, 0.717) is 43.0 Å². The number of piperidine rings is 2. The number of rotatable bonds is 5. The van der Waals surface area contributed by atoms with E-state index < -0.39 is 29.1 Å². The molecular weight excluding hydrogens is 929 g/mol. The van der Waals surface area contributed by atoms with Crippen molar-refractivity contribution in [3.63, 3.8) is 0 Å². The average Bonchev–Trinajstić information content (AvgIpc) is 3.97. The Morgan fingerprint density at radius 2 is 1.12 bits per heavy atom. The molecule has 68 heavy (non-hydrogen) atoms. The second-order valence-electron chi connectivity index (χ2n) is 18.3. The number of Topliss-reactive ketones (excluding diaryl/α,β-unsaturated/α-hetero) is 2. The van der Waals surface area contributed by atoms with E-state index >= 15 is 0 Å². The zero-order valence-electron chi connectivity index (χ0n) is 41.5. The van der Waals surface area contributed by atoms with Crippen molar-refractivity contribution in [2.45, 2.75) is 149 Å². The Kier molecular flexibility index (Phi) is 28.9. The smallest absolute Gasteiger partial charge is 0.793 e. The third-order valence-electron chi connectivity index (χ3n) is 10.3. The third kappa shape index (κ3) is 26.3. The van der Waals surface area contributed by atoms with Gasteiger partial charge in [-0.15, -0.1) is 0 Å². The fourth-order valence-corrected chi connectivity index (χ4v) is 7.52. The monoisotopic (exact) mass is 997 g/mol. The predicted octanol–water partition coefficient (Wildman–Crippen LogP) is 5.27. The standard InChI is InChI=1S/C21H31ClN2O2.C11H12ClNO.C10H17NO3.C4H6O4.C2H3BO2.Na/c1-21(2,3)26-20(25)23-13-10-18(11-14-23)24-12-4-5-19(24)15-16-6-8-17(22)9-7-16;12-9-5-3-8(4-6-9)11(14)10-2-1-7-13-10;1-10(2,3)14-9(13)11-6-4-8(12)5-7-11;1-3(5)7-8-4(2)6;1-2(4)5-3;/h6-9,18-19H,4-5,10-15H2,1-3H3;3-6,10,13H,1-2,7H2;4-7H2,1-3H3;1-2H3;1H3;/q;;;;-1;+1/t19-;10-;;;;/m11..../s1. The Hall–Kier alpha value is -3.71. The van der Waals surface area contributed by atoms with Gasteiger partial charge in [0.1, 0.15) is 17.0 Å². The Labute approximate surface area is 435 Å². The van der Waals surface area contributed by atoms with Gasteiger partial charge in [-0.25, -0.2) is 29.0 Å². The van der Waals surface area contributed by atoms with Crippen LogP contribution in [0.1, 0.15) is 130 Å². The second-order valence-corrected chi connectivity index (χ2v) is 19.2. The number of carbonyl (C=O) groups is 7. The first-order chi connectivity index (χ1) is 31.4. The molecule has 1 N–H and O–H groups in total. The number of amides is 2. The Balaban J connectivity index is 0.000000471. The molecule has 2 amide bonds. The van der Waals surface area contributed by atoms with E-state index in [1.54, 1.807) is 29.2 Å². The van der Waals surface area contributed by atoms with Gasteiger partial charge in [-0.3, -0.25) is 19.3 Å². The molecule has 4 heterocycles. The summed E-state index contributed by atoms with van der Waals surface area (Å²) in [6.07, 6.45) is 8.15. The average molecular weight is 999 g/mol. The number of ether oxygens (including phenoxy) is 2. The van der Waals surface area contributed by atoms with Crippen LogP contribution in [0.3, 0.4) is 0 Å². The van der Waals surface area contributed by atoms with Gasteiger partial charge in [-0.2, -0.15) is 0 Å². The number of ketones is 2. The largest absolute Gasteiger partial charge is 1.00 e. The number of halogens is 2. The quantitative estimate of drug-likeness (QED) is 0.177. The van der Waals surface area contributed by atoms with E-state index in [-0.39, 0.29) is 59.4 Å². The molecule has 16 nitrogen and oxygen atoms in total. The third-order valence-corrected chi connectivity index (χ3v) is 10.8. The van der Waals surface area contributed by atoms with Crippen LogP contribution in [0.2, 0.25) is 10.0 Å². The van der Waals surface area contributed by atoms with Gasteiger partial charge in [-0.1, -0.05) is 35.3 Å². The number of hydrogen-bond donors (Lipinski definition) is 1. The normalized spacial score (nSPS) is 18.1. The minimum absolute atomic E-state index is 0. The van der Waals surface area contributed by atoms with Crippen molar-refractivity contribution in [2.75, 3.05) is 39.3 Å². The Morgan fingerprint density at radius 1 is 0.662 bits per heavy atom. The molecule has 0 spiro atoms. The van der Waals surface area contributed by atoms with Crippen LogP contribution in [0, 0.1) is 0 Å². The van der Waals surface area contributed by atoms with Crippen LogP contribution >= 0.6 is 23.2 Å². The van der Waals surface area contributed by atoms with Crippen LogP contribution in [0.4, 0.5) is 9.59 Å². The minimum atomic E-state index is -0.639. The van der Waals surface area contributed by atoms with Crippen LogP contribution < -0.4 is 34.9 Å². The summed E-state index contributed by atoms with van der Waals surface area (Å²) >= 11 is 11.8. The molecule has 3 radical (unpaired) electrons. The van der Waals surface area contributed by atoms with Crippen LogP contribution in [0.15, 0.2) is 48.5 Å². The topological polar surface area (TPSA) is 187 Å². The molecule has 6 rings (SSSR count). The first kappa shape index (κ1) is 62.3. The van der Waals surface area contributed by atoms with Gasteiger partial charge in [0, 0.05) is 87.5 Å². The van der Waals surface area contributed by atoms with E-state index in [1.165, 1.54) is 31.9 Å². The van der Waals surface area contributed by atoms with Crippen molar-refractivity contribution in [2.24, 2.45) is 0 Å². The van der Waals surface area contributed by atoms with Crippen LogP contribution in [0.25, 0.3) is 0 Å². The maximum Gasteiger partial charge on any atom is 1.00 e. The first-order valence-corrected chi connectivity index (χ1v) is 23.4. The van der Waals surface area contributed by atoms with Gasteiger partial charge >= 0.3 is 53.7 Å². The molecule has 0 unspecified atom stereocenters. The molecule has 0 aliphatic carbocycles. The molecule has 4 saturated heterocycles. The fourth-order valence-electron chi connectivity index (χ4n) is 7.26. The van der Waals surface area contributed by atoms with Gasteiger partial charge in [0.15, 0.2) is 5.78 Å². The van der Waals surface area contributed by atoms with Crippen LogP contribution in [-0.2, 0) is 49.5 Å². The van der Waals surface area contributed by atoms with Crippen molar-refractivity contribution < 1.29 is 87.0 Å². The molecule has 4 fully saturated rings. The van der Waals surface area contributed by atoms with Crippen molar-refractivity contribution in [3.8, 4) is 0 Å². The van der Waals surface area contributed by atoms with Crippen molar-refractivity contribution in [3.05, 3.63) is 69.7 Å². The van der Waals surface area contributed by atoms with Gasteiger partial charge < -0.3 is 37.3 Å². The molecule has 2 aromatic rings. The molecule has 0 saturated carbocycles. The maximum absolute atomic E-state index is 12.3. The van der Waals surface area contributed by atoms with Crippen LogP contribution in [0.5, 0.6) is 0 Å². The molecule has 0 aromatic heterocycles. The number of nitrogens with zero attached hydrogens (tertiary/aromatic N) is 3. The molecule has 371 valence electrons. The van der Waals surface area contributed by atoms with Gasteiger partial charge in [0.2, 0.25) is 5.97 Å². The summed E-state index contributed by atoms with van der Waals surface area (Å²) in [5.41, 5.74) is 1.22. The molecular formula is C48H69BCl2N4NaO12. The SMILES string of the molecule is CC(=O)OOC(C)=O.CC(C)(C)OC(=O)N1CCC(=O)CC1.CC(C)(C)OC(=O)N1CCC(N2CCC[C@@H]2Cc2ccc(Cl)cc2)CC1.O=C(c1ccc(Cl)cc1)[C@H]1CCCN1.[B-]OC(C)=O.[Na+]. The summed E-state index contributed by atoms with van der Waals surface area (Å²) < 4.78 is 14.3. The minimum Gasteiger partial charge on any atom is -0.793 e. The number of carbonyl (C=O) groups excluding carboxylic acids is 7. The van der Waals surface area contributed by atoms with Crippen molar-refractivity contribution >= 4 is 72.9 Å². The molecule has 4 aliphatic heterocycles. The molecule has 2 atom stereocenters. The van der Waals surface area contributed by atoms with E-state index in [2.05, 4.69) is 44.8 Å². The van der Waals surface area contributed by atoms with E-state index in [4.69, 9.17) is 32.7 Å². The zero-order chi connectivity index (χ0) is 50.3. The van der Waals surface area contributed by atoms with Gasteiger partial charge in [-0.05, 0) is 142 Å². The van der Waals surface area contributed by atoms with E-state index in [1.807, 2.05) is 58.6 Å². The summed E-state index contributed by atoms with van der Waals surface area (Å²) in [6, 6.07) is 16.5. The second kappa shape index (κ2) is 31.5. The molecule has 20 heteroatoms. The number of benzene rings is 2. The van der Waals surface area contributed by atoms with Crippen LogP contribution in [-0.4, -0.2) is 133 Å². The first-order valence-electron chi connectivity index (χ1n) is 22.6. The summed E-state index contributed by atoms with van der Waals surface area (Å²) in [4.78, 5) is 89.5. The molecule has 4 aliphatic rings. The summed E-state index contributed by atoms with van der Waals surface area (Å²) in [7, 11) is 4.32. The van der Waals surface area contributed by atoms with Crippen molar-refractivity contribution in [1.82, 2.24) is 20.0 Å². The molecule has 0 bridgehead atoms. The van der Waals surface area contributed by atoms with Gasteiger partial charge in [0.25, 0.3) is 0 Å². The van der Waals surface area contributed by atoms with Gasteiger partial charge in [0.05, 0.1) is 6.04 Å². The number of hydrogen-bond acceptors (Lipinski definition) is 14. The summed E-state index contributed by atoms with van der Waals surface area (Å²) in [5, 5.41) is 4.65. The zero-order valence-corrected chi connectivity index (χ0v) is 45.0. The van der Waals surface area contributed by atoms with E-state index in [9.17, 15) is 33.6 Å². The summed E-state index contributed by atoms with van der Waals surface area (Å²) in [6.45, 7) is 19.5. The predicted molar refractivity (Wildman–Crippen MR) is 256 cm³/mol. The molecule has 2 aromatic carbocycles.